The number of carbonyl (C=O) groups is 1. The zero-order valence-electron chi connectivity index (χ0n) is 11.5. The highest BCUT2D eigenvalue weighted by atomic mass is 35.5. The van der Waals surface area contributed by atoms with Gasteiger partial charge in [0.25, 0.3) is 5.91 Å². The number of pyridine rings is 1. The van der Waals surface area contributed by atoms with Crippen LogP contribution in [0.25, 0.3) is 0 Å². The van der Waals surface area contributed by atoms with Crippen LogP contribution in [-0.4, -0.2) is 22.8 Å². The van der Waals surface area contributed by atoms with E-state index in [9.17, 15) is 13.6 Å². The molecule has 0 aliphatic heterocycles. The van der Waals surface area contributed by atoms with Gasteiger partial charge in [-0.2, -0.15) is 0 Å². The molecule has 0 fully saturated rings. The van der Waals surface area contributed by atoms with E-state index in [0.717, 1.165) is 12.1 Å². The summed E-state index contributed by atoms with van der Waals surface area (Å²) in [5, 5.41) is 0.222. The SMILES string of the molecule is Cc1cc(C(=O)N(C)Cc2ccc(F)cc2F)cc(Cl)n1. The highest BCUT2D eigenvalue weighted by Crippen LogP contribution is 2.15. The molecule has 1 amide bonds. The first-order chi connectivity index (χ1) is 9.86. The predicted molar refractivity (Wildman–Crippen MR) is 76.1 cm³/mol. The molecule has 0 aliphatic carbocycles. The van der Waals surface area contributed by atoms with Crippen LogP contribution in [0.15, 0.2) is 30.3 Å². The molecule has 21 heavy (non-hydrogen) atoms. The van der Waals surface area contributed by atoms with E-state index in [2.05, 4.69) is 4.98 Å². The lowest BCUT2D eigenvalue weighted by Gasteiger charge is -2.18. The zero-order chi connectivity index (χ0) is 15.6. The number of halogens is 3. The topological polar surface area (TPSA) is 33.2 Å². The van der Waals surface area contributed by atoms with Crippen molar-refractivity contribution in [1.29, 1.82) is 0 Å². The van der Waals surface area contributed by atoms with Crippen molar-refractivity contribution in [2.45, 2.75) is 13.5 Å². The van der Waals surface area contributed by atoms with Gasteiger partial charge in [-0.25, -0.2) is 13.8 Å². The molecule has 0 unspecified atom stereocenters. The highest BCUT2D eigenvalue weighted by Gasteiger charge is 2.15. The maximum Gasteiger partial charge on any atom is 0.254 e. The molecule has 1 aromatic carbocycles. The summed E-state index contributed by atoms with van der Waals surface area (Å²) in [4.78, 5) is 17.6. The largest absolute Gasteiger partial charge is 0.337 e. The number of nitrogens with zero attached hydrogens (tertiary/aromatic N) is 2. The van der Waals surface area contributed by atoms with Crippen molar-refractivity contribution >= 4 is 17.5 Å². The number of hydrogen-bond acceptors (Lipinski definition) is 2. The predicted octanol–water partition coefficient (Wildman–Crippen LogP) is 3.59. The van der Waals surface area contributed by atoms with Crippen LogP contribution in [0.3, 0.4) is 0 Å². The molecule has 0 atom stereocenters. The van der Waals surface area contributed by atoms with Crippen molar-refractivity contribution < 1.29 is 13.6 Å². The molecule has 0 N–H and O–H groups in total. The molecule has 2 rings (SSSR count). The first-order valence-electron chi connectivity index (χ1n) is 6.20. The Balaban J connectivity index is 2.19. The van der Waals surface area contributed by atoms with E-state index in [0.29, 0.717) is 11.3 Å². The second kappa shape index (κ2) is 6.18. The van der Waals surface area contributed by atoms with Gasteiger partial charge in [-0.05, 0) is 25.1 Å². The van der Waals surface area contributed by atoms with Crippen LogP contribution in [0.4, 0.5) is 8.78 Å². The molecule has 0 saturated carbocycles. The van der Waals surface area contributed by atoms with Crippen LogP contribution in [0.1, 0.15) is 21.6 Å². The molecule has 2 aromatic rings. The second-order valence-electron chi connectivity index (χ2n) is 4.72. The molecule has 0 saturated heterocycles. The van der Waals surface area contributed by atoms with Crippen molar-refractivity contribution in [2.75, 3.05) is 7.05 Å². The molecular formula is C15H13ClF2N2O. The van der Waals surface area contributed by atoms with Crippen molar-refractivity contribution in [2.24, 2.45) is 0 Å². The summed E-state index contributed by atoms with van der Waals surface area (Å²) in [5.74, 6) is -1.65. The van der Waals surface area contributed by atoms with E-state index < -0.39 is 11.6 Å². The fourth-order valence-corrected chi connectivity index (χ4v) is 2.20. The smallest absolute Gasteiger partial charge is 0.254 e. The lowest BCUT2D eigenvalue weighted by molar-refractivity contribution is 0.0783. The summed E-state index contributed by atoms with van der Waals surface area (Å²) in [6.07, 6.45) is 0. The Labute approximate surface area is 126 Å². The Kier molecular flexibility index (Phi) is 4.53. The van der Waals surface area contributed by atoms with E-state index in [-0.39, 0.29) is 23.2 Å². The van der Waals surface area contributed by atoms with Gasteiger partial charge >= 0.3 is 0 Å². The summed E-state index contributed by atoms with van der Waals surface area (Å²) < 4.78 is 26.5. The van der Waals surface area contributed by atoms with Crippen molar-refractivity contribution in [3.8, 4) is 0 Å². The summed E-state index contributed by atoms with van der Waals surface area (Å²) in [6.45, 7) is 1.76. The van der Waals surface area contributed by atoms with Crippen LogP contribution in [0.5, 0.6) is 0 Å². The molecule has 1 aromatic heterocycles. The molecule has 0 bridgehead atoms. The Bertz CT molecular complexity index is 671. The van der Waals surface area contributed by atoms with Gasteiger partial charge in [0.1, 0.15) is 16.8 Å². The Hall–Kier alpha value is -2.01. The second-order valence-corrected chi connectivity index (χ2v) is 5.10. The number of carbonyl (C=O) groups excluding carboxylic acids is 1. The Morgan fingerprint density at radius 1 is 1.29 bits per heavy atom. The van der Waals surface area contributed by atoms with Gasteiger partial charge in [0.05, 0.1) is 0 Å². The van der Waals surface area contributed by atoms with Gasteiger partial charge in [0.2, 0.25) is 0 Å². The van der Waals surface area contributed by atoms with E-state index in [1.807, 2.05) is 0 Å². The summed E-state index contributed by atoms with van der Waals surface area (Å²) in [6, 6.07) is 6.32. The average Bonchev–Trinajstić information content (AvgIpc) is 2.40. The monoisotopic (exact) mass is 310 g/mol. The van der Waals surface area contributed by atoms with Crippen LogP contribution < -0.4 is 0 Å². The quantitative estimate of drug-likeness (QED) is 0.812. The summed E-state index contributed by atoms with van der Waals surface area (Å²) in [7, 11) is 1.54. The van der Waals surface area contributed by atoms with E-state index >= 15 is 0 Å². The first-order valence-corrected chi connectivity index (χ1v) is 6.58. The summed E-state index contributed by atoms with van der Waals surface area (Å²) >= 11 is 5.82. The third-order valence-electron chi connectivity index (χ3n) is 2.94. The minimum atomic E-state index is -0.682. The average molecular weight is 311 g/mol. The fourth-order valence-electron chi connectivity index (χ4n) is 1.95. The fraction of sp³-hybridized carbons (Fsp3) is 0.200. The van der Waals surface area contributed by atoms with Gasteiger partial charge in [-0.3, -0.25) is 4.79 Å². The van der Waals surface area contributed by atoms with E-state index in [1.165, 1.54) is 24.1 Å². The molecule has 3 nitrogen and oxygen atoms in total. The van der Waals surface area contributed by atoms with Crippen molar-refractivity contribution in [3.05, 3.63) is 63.9 Å². The number of amides is 1. The Morgan fingerprint density at radius 3 is 2.62 bits per heavy atom. The molecular weight excluding hydrogens is 298 g/mol. The first kappa shape index (κ1) is 15.4. The van der Waals surface area contributed by atoms with Gasteiger partial charge in [0, 0.05) is 36.5 Å². The standard InChI is InChI=1S/C15H13ClF2N2O/c1-9-5-11(6-14(16)19-9)15(21)20(2)8-10-3-4-12(17)7-13(10)18/h3-7H,8H2,1-2H3. The molecule has 0 radical (unpaired) electrons. The lowest BCUT2D eigenvalue weighted by Crippen LogP contribution is -2.26. The zero-order valence-corrected chi connectivity index (χ0v) is 12.3. The number of aryl methyl sites for hydroxylation is 1. The third-order valence-corrected chi connectivity index (χ3v) is 3.13. The molecule has 110 valence electrons. The van der Waals surface area contributed by atoms with E-state index in [1.54, 1.807) is 13.0 Å². The lowest BCUT2D eigenvalue weighted by atomic mass is 10.1. The van der Waals surface area contributed by atoms with Crippen molar-refractivity contribution in [1.82, 2.24) is 9.88 Å². The van der Waals surface area contributed by atoms with Gasteiger partial charge in [-0.1, -0.05) is 17.7 Å². The molecule has 0 aliphatic rings. The van der Waals surface area contributed by atoms with Crippen molar-refractivity contribution in [3.63, 3.8) is 0 Å². The number of aromatic nitrogens is 1. The minimum Gasteiger partial charge on any atom is -0.337 e. The van der Waals surface area contributed by atoms with Crippen LogP contribution >= 0.6 is 11.6 Å². The van der Waals surface area contributed by atoms with Gasteiger partial charge < -0.3 is 4.90 Å². The number of hydrogen-bond donors (Lipinski definition) is 0. The number of rotatable bonds is 3. The number of benzene rings is 1. The molecule has 6 heteroatoms. The van der Waals surface area contributed by atoms with Crippen LogP contribution in [-0.2, 0) is 6.54 Å². The van der Waals surface area contributed by atoms with Crippen LogP contribution in [0.2, 0.25) is 5.15 Å². The molecule has 0 spiro atoms. The van der Waals surface area contributed by atoms with Gasteiger partial charge in [0.15, 0.2) is 0 Å². The normalized spacial score (nSPS) is 10.5. The Morgan fingerprint density at radius 2 is 2.00 bits per heavy atom. The van der Waals surface area contributed by atoms with E-state index in [4.69, 9.17) is 11.6 Å². The highest BCUT2D eigenvalue weighted by molar-refractivity contribution is 6.29. The summed E-state index contributed by atoms with van der Waals surface area (Å²) in [5.41, 5.74) is 1.23. The third kappa shape index (κ3) is 3.76. The maximum atomic E-state index is 13.6. The maximum absolute atomic E-state index is 13.6. The molecule has 1 heterocycles. The van der Waals surface area contributed by atoms with Crippen LogP contribution in [0, 0.1) is 18.6 Å². The minimum absolute atomic E-state index is 0.0317. The van der Waals surface area contributed by atoms with Gasteiger partial charge in [-0.15, -0.1) is 0 Å².